The summed E-state index contributed by atoms with van der Waals surface area (Å²) in [5.74, 6) is 1.12. The summed E-state index contributed by atoms with van der Waals surface area (Å²) in [6, 6.07) is 0. The van der Waals surface area contributed by atoms with E-state index in [1.165, 1.54) is 0 Å². The van der Waals surface area contributed by atoms with E-state index >= 15 is 0 Å². The van der Waals surface area contributed by atoms with Gasteiger partial charge in [0.25, 0.3) is 0 Å². The number of methoxy groups -OCH3 is 1. The second kappa shape index (κ2) is 6.45. The Morgan fingerprint density at radius 1 is 1.67 bits per heavy atom. The van der Waals surface area contributed by atoms with Crippen molar-refractivity contribution in [1.82, 2.24) is 0 Å². The SMILES string of the molecule is COC.SC1=NCCS1. The van der Waals surface area contributed by atoms with Crippen LogP contribution in [0, 0.1) is 0 Å². The van der Waals surface area contributed by atoms with E-state index < -0.39 is 0 Å². The van der Waals surface area contributed by atoms with E-state index in [1.54, 1.807) is 26.0 Å². The van der Waals surface area contributed by atoms with Gasteiger partial charge < -0.3 is 4.74 Å². The van der Waals surface area contributed by atoms with Crippen LogP contribution in [-0.4, -0.2) is 30.9 Å². The van der Waals surface area contributed by atoms with Gasteiger partial charge in [-0.3, -0.25) is 4.99 Å². The van der Waals surface area contributed by atoms with Crippen LogP contribution in [-0.2, 0) is 4.74 Å². The molecule has 0 radical (unpaired) electrons. The minimum absolute atomic E-state index is 0.940. The molecule has 0 bridgehead atoms. The predicted octanol–water partition coefficient (Wildman–Crippen LogP) is 1.28. The molecular formula is C5H11NOS2. The summed E-state index contributed by atoms with van der Waals surface area (Å²) in [6.45, 7) is 0.962. The number of aliphatic imine (C=N–C) groups is 1. The third-order valence-corrected chi connectivity index (χ3v) is 1.87. The van der Waals surface area contributed by atoms with Crippen molar-refractivity contribution in [2.75, 3.05) is 26.5 Å². The van der Waals surface area contributed by atoms with Gasteiger partial charge in [-0.15, -0.1) is 12.6 Å². The molecule has 54 valence electrons. The zero-order valence-electron chi connectivity index (χ0n) is 5.63. The van der Waals surface area contributed by atoms with Crippen LogP contribution in [0.4, 0.5) is 0 Å². The van der Waals surface area contributed by atoms with E-state index in [2.05, 4.69) is 22.4 Å². The van der Waals surface area contributed by atoms with Crippen LogP contribution in [0.25, 0.3) is 0 Å². The smallest absolute Gasteiger partial charge is 0.121 e. The topological polar surface area (TPSA) is 21.6 Å². The molecule has 1 heterocycles. The Morgan fingerprint density at radius 2 is 2.22 bits per heavy atom. The monoisotopic (exact) mass is 165 g/mol. The number of thioether (sulfide) groups is 1. The molecule has 0 unspecified atom stereocenters. The van der Waals surface area contributed by atoms with E-state index in [9.17, 15) is 0 Å². The standard InChI is InChI=1S/C3H5NS2.C2H6O/c5-3-4-1-2-6-3;1-3-2/h1-2H2,(H,4,5);1-2H3. The lowest BCUT2D eigenvalue weighted by molar-refractivity contribution is 0.277. The molecular weight excluding hydrogens is 154 g/mol. The Balaban J connectivity index is 0.000000187. The quantitative estimate of drug-likeness (QED) is 0.546. The molecule has 0 N–H and O–H groups in total. The lowest BCUT2D eigenvalue weighted by Gasteiger charge is -1.75. The molecule has 0 amide bonds. The van der Waals surface area contributed by atoms with Crippen molar-refractivity contribution in [2.24, 2.45) is 4.99 Å². The van der Waals surface area contributed by atoms with Gasteiger partial charge in [-0.25, -0.2) is 0 Å². The van der Waals surface area contributed by atoms with Crippen molar-refractivity contribution in [3.63, 3.8) is 0 Å². The largest absolute Gasteiger partial charge is 0.388 e. The molecule has 0 aromatic rings. The van der Waals surface area contributed by atoms with Gasteiger partial charge in [0.2, 0.25) is 0 Å². The molecule has 0 atom stereocenters. The fourth-order valence-electron chi connectivity index (χ4n) is 0.324. The highest BCUT2D eigenvalue weighted by Gasteiger charge is 1.98. The lowest BCUT2D eigenvalue weighted by atomic mass is 10.8. The van der Waals surface area contributed by atoms with Crippen LogP contribution in [0.15, 0.2) is 4.99 Å². The average Bonchev–Trinajstić information content (AvgIpc) is 2.20. The molecule has 2 nitrogen and oxygen atoms in total. The summed E-state index contributed by atoms with van der Waals surface area (Å²) in [5, 5.41) is 0. The summed E-state index contributed by atoms with van der Waals surface area (Å²) in [5.41, 5.74) is 0. The van der Waals surface area contributed by atoms with E-state index in [4.69, 9.17) is 0 Å². The van der Waals surface area contributed by atoms with Gasteiger partial charge in [-0.2, -0.15) is 0 Å². The Labute approximate surface area is 65.5 Å². The van der Waals surface area contributed by atoms with Crippen LogP contribution in [0.3, 0.4) is 0 Å². The average molecular weight is 165 g/mol. The van der Waals surface area contributed by atoms with Gasteiger partial charge in [0.05, 0.1) is 6.54 Å². The molecule has 4 heteroatoms. The van der Waals surface area contributed by atoms with E-state index in [0.29, 0.717) is 0 Å². The Hall–Kier alpha value is 0.330. The van der Waals surface area contributed by atoms with E-state index in [1.807, 2.05) is 0 Å². The maximum atomic E-state index is 4.25. The summed E-state index contributed by atoms with van der Waals surface area (Å²) < 4.78 is 5.19. The minimum atomic E-state index is 0.940. The van der Waals surface area contributed by atoms with E-state index in [-0.39, 0.29) is 0 Å². The van der Waals surface area contributed by atoms with Crippen LogP contribution in [0.1, 0.15) is 0 Å². The summed E-state index contributed by atoms with van der Waals surface area (Å²) >= 11 is 5.72. The molecule has 0 fully saturated rings. The molecule has 0 spiro atoms. The van der Waals surface area contributed by atoms with Crippen molar-refractivity contribution < 1.29 is 4.74 Å². The van der Waals surface area contributed by atoms with Crippen molar-refractivity contribution >= 4 is 28.8 Å². The highest BCUT2D eigenvalue weighted by atomic mass is 32.2. The molecule has 0 aromatic heterocycles. The zero-order chi connectivity index (χ0) is 7.11. The first kappa shape index (κ1) is 9.33. The van der Waals surface area contributed by atoms with Gasteiger partial charge >= 0.3 is 0 Å². The zero-order valence-corrected chi connectivity index (χ0v) is 7.34. The molecule has 0 saturated carbocycles. The fourth-order valence-corrected chi connectivity index (χ4v) is 1.25. The summed E-state index contributed by atoms with van der Waals surface area (Å²) in [7, 11) is 3.25. The molecule has 1 aliphatic rings. The highest BCUT2D eigenvalue weighted by molar-refractivity contribution is 8.32. The van der Waals surface area contributed by atoms with Gasteiger partial charge in [-0.1, -0.05) is 11.8 Å². The van der Waals surface area contributed by atoms with Crippen LogP contribution < -0.4 is 0 Å². The maximum Gasteiger partial charge on any atom is 0.121 e. The first-order valence-corrected chi connectivity index (χ1v) is 4.01. The van der Waals surface area contributed by atoms with Crippen LogP contribution in [0.5, 0.6) is 0 Å². The van der Waals surface area contributed by atoms with Crippen LogP contribution >= 0.6 is 24.4 Å². The molecule has 0 aromatic carbocycles. The Kier molecular flexibility index (Phi) is 6.69. The summed E-state index contributed by atoms with van der Waals surface area (Å²) in [4.78, 5) is 3.98. The van der Waals surface area contributed by atoms with Crippen molar-refractivity contribution in [1.29, 1.82) is 0 Å². The van der Waals surface area contributed by atoms with Gasteiger partial charge in [0.1, 0.15) is 4.38 Å². The van der Waals surface area contributed by atoms with Crippen LogP contribution in [0.2, 0.25) is 0 Å². The molecule has 0 saturated heterocycles. The number of rotatable bonds is 0. The Morgan fingerprint density at radius 3 is 2.33 bits per heavy atom. The van der Waals surface area contributed by atoms with Gasteiger partial charge in [-0.05, 0) is 0 Å². The predicted molar refractivity (Wildman–Crippen MR) is 46.7 cm³/mol. The normalized spacial score (nSPS) is 16.1. The molecule has 1 rings (SSSR count). The first-order valence-electron chi connectivity index (χ1n) is 2.57. The van der Waals surface area contributed by atoms with Crippen molar-refractivity contribution in [2.45, 2.75) is 0 Å². The van der Waals surface area contributed by atoms with E-state index in [0.717, 1.165) is 16.7 Å². The Bertz CT molecular complexity index is 95.0. The number of thiol groups is 1. The highest BCUT2D eigenvalue weighted by Crippen LogP contribution is 2.12. The second-order valence-corrected chi connectivity index (χ2v) is 3.23. The van der Waals surface area contributed by atoms with Crippen molar-refractivity contribution in [3.05, 3.63) is 0 Å². The number of ether oxygens (including phenoxy) is 1. The minimum Gasteiger partial charge on any atom is -0.388 e. The maximum absolute atomic E-state index is 4.25. The number of hydrogen-bond donors (Lipinski definition) is 1. The lowest BCUT2D eigenvalue weighted by Crippen LogP contribution is -1.69. The fraction of sp³-hybridized carbons (Fsp3) is 0.800. The third kappa shape index (κ3) is 6.21. The van der Waals surface area contributed by atoms with Crippen molar-refractivity contribution in [3.8, 4) is 0 Å². The third-order valence-electron chi connectivity index (χ3n) is 0.570. The van der Waals surface area contributed by atoms with Gasteiger partial charge in [0, 0.05) is 20.0 Å². The molecule has 9 heavy (non-hydrogen) atoms. The first-order chi connectivity index (χ1) is 4.31. The molecule has 1 aliphatic heterocycles. The summed E-state index contributed by atoms with van der Waals surface area (Å²) in [6.07, 6.45) is 0. The number of hydrogen-bond acceptors (Lipinski definition) is 3. The molecule has 0 aliphatic carbocycles. The second-order valence-electron chi connectivity index (χ2n) is 1.42. The number of nitrogens with zero attached hydrogens (tertiary/aromatic N) is 1. The van der Waals surface area contributed by atoms with Gasteiger partial charge in [0.15, 0.2) is 0 Å².